The van der Waals surface area contributed by atoms with E-state index in [9.17, 15) is 39.9 Å². The topological polar surface area (TPSA) is 205 Å². The monoisotopic (exact) mass is 910 g/mol. The molecule has 332 valence electrons. The Morgan fingerprint density at radius 3 is 2.10 bits per heavy atom. The second-order valence-electron chi connectivity index (χ2n) is 17.3. The highest BCUT2D eigenvalue weighted by Crippen LogP contribution is 2.55. The van der Waals surface area contributed by atoms with Gasteiger partial charge in [-0.05, 0) is 30.9 Å². The minimum atomic E-state index is -2.05. The third-order valence-corrected chi connectivity index (χ3v) is 11.9. The summed E-state index contributed by atoms with van der Waals surface area (Å²) < 4.78 is 25.2. The number of nitrogens with zero attached hydrogens (tertiary/aromatic N) is 1. The number of rotatable bonds is 3. The van der Waals surface area contributed by atoms with Crippen LogP contribution in [0.25, 0.3) is 16.5 Å². The Labute approximate surface area is 367 Å². The number of aromatic hydroxyl groups is 3. The SMILES string of the molecule is COC1/C=C/OC2(C)Oc3c(C)c(O)c4c(O)c(c(-[n+]5ccc(C(C)(C)C)cc5)c(O)c4c3C2=O)NC(=O)/C(C)=C\C=C\C(C)C(O)C(C)C(O)C(C)C(OC(C)=O)C1C.[Br-]. The van der Waals surface area contributed by atoms with E-state index >= 15 is 0 Å². The van der Waals surface area contributed by atoms with Gasteiger partial charge in [0.25, 0.3) is 17.4 Å². The molecule has 9 unspecified atom stereocenters. The lowest BCUT2D eigenvalue weighted by atomic mass is 9.78. The normalized spacial score (nSPS) is 29.4. The maximum atomic E-state index is 14.5. The first-order valence-electron chi connectivity index (χ1n) is 20.1. The number of carbonyl (C=O) groups excluding carboxylic acids is 3. The molecule has 6 rings (SSSR count). The molecule has 1 aromatic heterocycles. The molecule has 6 N–H and O–H groups in total. The van der Waals surface area contributed by atoms with Gasteiger partial charge in [-0.25, -0.2) is 0 Å². The Morgan fingerprint density at radius 1 is 0.902 bits per heavy atom. The number of esters is 1. The first kappa shape index (κ1) is 48.7. The largest absolute Gasteiger partial charge is 1.00 e. The summed E-state index contributed by atoms with van der Waals surface area (Å²) in [7, 11) is 1.44. The van der Waals surface area contributed by atoms with Crippen LogP contribution >= 0.6 is 0 Å². The molecule has 2 aromatic carbocycles. The van der Waals surface area contributed by atoms with Gasteiger partial charge in [0, 0.05) is 67.9 Å². The molecule has 3 aliphatic heterocycles. The molecule has 9 atom stereocenters. The maximum Gasteiger partial charge on any atom is 0.312 e. The minimum Gasteiger partial charge on any atom is -1.00 e. The number of nitrogens with one attached hydrogen (secondary N) is 1. The molecule has 61 heavy (non-hydrogen) atoms. The molecule has 0 aliphatic carbocycles. The van der Waals surface area contributed by atoms with Gasteiger partial charge < -0.3 is 66.8 Å². The van der Waals surface area contributed by atoms with Crippen molar-refractivity contribution >= 4 is 34.1 Å². The molecule has 0 radical (unpaired) electrons. The van der Waals surface area contributed by atoms with Crippen molar-refractivity contribution in [1.82, 2.24) is 0 Å². The summed E-state index contributed by atoms with van der Waals surface area (Å²) >= 11 is 0. The quantitative estimate of drug-likeness (QED) is 0.0970. The van der Waals surface area contributed by atoms with Crippen LogP contribution in [-0.4, -0.2) is 80.5 Å². The third kappa shape index (κ3) is 9.30. The summed E-state index contributed by atoms with van der Waals surface area (Å²) in [4.78, 5) is 40.7. The van der Waals surface area contributed by atoms with Crippen molar-refractivity contribution in [2.75, 3.05) is 12.4 Å². The molecule has 5 bridgehead atoms. The van der Waals surface area contributed by atoms with Gasteiger partial charge in [-0.1, -0.05) is 66.7 Å². The average molecular weight is 912 g/mol. The number of allylic oxidation sites excluding steroid dienone is 2. The Kier molecular flexibility index (Phi) is 14.8. The fourth-order valence-corrected chi connectivity index (χ4v) is 8.03. The molecule has 1 amide bonds. The number of ether oxygens (including phenoxy) is 4. The van der Waals surface area contributed by atoms with E-state index < -0.39 is 88.8 Å². The van der Waals surface area contributed by atoms with Gasteiger partial charge in [-0.3, -0.25) is 14.4 Å². The fourth-order valence-electron chi connectivity index (χ4n) is 8.03. The number of halogens is 1. The molecule has 0 spiro atoms. The van der Waals surface area contributed by atoms with Crippen molar-refractivity contribution in [3.05, 3.63) is 77.4 Å². The number of amides is 1. The van der Waals surface area contributed by atoms with E-state index in [1.165, 1.54) is 57.8 Å². The number of anilines is 1. The van der Waals surface area contributed by atoms with Crippen LogP contribution in [0.5, 0.6) is 23.0 Å². The maximum absolute atomic E-state index is 14.5. The number of phenols is 3. The van der Waals surface area contributed by atoms with Gasteiger partial charge in [-0.2, -0.15) is 4.57 Å². The fraction of sp³-hybridized carbons (Fsp3) is 0.478. The zero-order valence-electron chi connectivity index (χ0n) is 36.7. The number of aliphatic hydroxyl groups excluding tert-OH is 2. The van der Waals surface area contributed by atoms with Crippen LogP contribution in [0.15, 0.2) is 60.7 Å². The highest BCUT2D eigenvalue weighted by atomic mass is 79.9. The lowest BCUT2D eigenvalue weighted by molar-refractivity contribution is -0.595. The van der Waals surface area contributed by atoms with E-state index in [1.807, 2.05) is 32.9 Å². The number of hydrogen-bond acceptors (Lipinski definition) is 12. The van der Waals surface area contributed by atoms with Gasteiger partial charge in [0.05, 0.1) is 40.9 Å². The summed E-state index contributed by atoms with van der Waals surface area (Å²) in [6.45, 7) is 18.7. The summed E-state index contributed by atoms with van der Waals surface area (Å²) in [6.07, 6.45) is 6.88. The van der Waals surface area contributed by atoms with Crippen molar-refractivity contribution in [2.24, 2.45) is 23.7 Å². The van der Waals surface area contributed by atoms with Gasteiger partial charge >= 0.3 is 11.8 Å². The predicted octanol–water partition coefficient (Wildman–Crippen LogP) is 3.33. The first-order chi connectivity index (χ1) is 28.0. The van der Waals surface area contributed by atoms with Crippen LogP contribution < -0.4 is 31.6 Å². The van der Waals surface area contributed by atoms with Crippen LogP contribution in [0.1, 0.15) is 90.7 Å². The van der Waals surface area contributed by atoms with Gasteiger partial charge in [0.2, 0.25) is 0 Å². The zero-order valence-corrected chi connectivity index (χ0v) is 38.3. The predicted molar refractivity (Wildman–Crippen MR) is 224 cm³/mol. The summed E-state index contributed by atoms with van der Waals surface area (Å²) in [5.74, 6) is -8.33. The van der Waals surface area contributed by atoms with Crippen molar-refractivity contribution < 1.29 is 80.4 Å². The first-order valence-corrected chi connectivity index (χ1v) is 20.1. The molecule has 0 saturated heterocycles. The van der Waals surface area contributed by atoms with Gasteiger partial charge in [0.15, 0.2) is 29.6 Å². The number of pyridine rings is 1. The number of aromatic nitrogens is 1. The summed E-state index contributed by atoms with van der Waals surface area (Å²) in [5, 5.41) is 61.1. The number of fused-ring (bicyclic) bond motifs is 14. The lowest BCUT2D eigenvalue weighted by Crippen LogP contribution is -3.00. The van der Waals surface area contributed by atoms with Crippen molar-refractivity contribution in [2.45, 2.75) is 112 Å². The highest BCUT2D eigenvalue weighted by Gasteiger charge is 2.50. The number of aliphatic hydroxyl groups is 2. The molecular weight excluding hydrogens is 852 g/mol. The standard InChI is InChI=1S/C46H58N2O12.BrH/c1-22-14-13-15-23(2)44(56)47-34-35(48-19-16-29(17-20-48)45(8,9)10)40(54)31-32(39(34)53)38(52)27(6)42-33(31)43(55)46(11,60-42)58-21-18-30(57-12)24(3)41(59-28(7)49)26(5)37(51)25(4)36(22)50;/h13-22,24-26,30,36-37,41,50-51H,1-12H3,(H3-,47,52,53,54,55,56);1H/b14-13+,21-18+,23-15-;. The van der Waals surface area contributed by atoms with Crippen LogP contribution in [-0.2, 0) is 29.2 Å². The number of benzene rings is 2. The van der Waals surface area contributed by atoms with Crippen molar-refractivity contribution in [3.8, 4) is 28.7 Å². The number of methoxy groups -OCH3 is 1. The van der Waals surface area contributed by atoms with E-state index in [0.29, 0.717) is 0 Å². The van der Waals surface area contributed by atoms with E-state index in [1.54, 1.807) is 52.2 Å². The molecule has 15 heteroatoms. The number of hydrogen-bond donors (Lipinski definition) is 6. The Morgan fingerprint density at radius 2 is 1.52 bits per heavy atom. The molecule has 0 saturated carbocycles. The van der Waals surface area contributed by atoms with E-state index in [2.05, 4.69) is 5.32 Å². The molecule has 3 aliphatic rings. The summed E-state index contributed by atoms with van der Waals surface area (Å²) in [6, 6.07) is 3.64. The van der Waals surface area contributed by atoms with E-state index in [4.69, 9.17) is 18.9 Å². The Balaban J connectivity index is 0.00000819. The number of ketones is 1. The van der Waals surface area contributed by atoms with E-state index in [0.717, 1.165) is 5.56 Å². The van der Waals surface area contributed by atoms with Crippen molar-refractivity contribution in [3.63, 3.8) is 0 Å². The Hall–Kier alpha value is -4.96. The van der Waals surface area contributed by atoms with Crippen LogP contribution in [0.3, 0.4) is 0 Å². The van der Waals surface area contributed by atoms with Gasteiger partial charge in [-0.15, -0.1) is 0 Å². The average Bonchev–Trinajstić information content (AvgIpc) is 3.46. The molecule has 4 heterocycles. The second kappa shape index (κ2) is 18.6. The number of Topliss-reactive ketones (excluding diaryl/α,β-unsaturated/α-hetero) is 1. The lowest BCUT2D eigenvalue weighted by Gasteiger charge is -2.38. The summed E-state index contributed by atoms with van der Waals surface area (Å²) in [5.41, 5.74) is 0.419. The second-order valence-corrected chi connectivity index (χ2v) is 17.3. The molecular formula is C46H59BrN2O12. The molecule has 3 aromatic rings. The van der Waals surface area contributed by atoms with Crippen molar-refractivity contribution in [1.29, 1.82) is 0 Å². The van der Waals surface area contributed by atoms with Gasteiger partial charge in [0.1, 0.15) is 17.6 Å². The highest BCUT2D eigenvalue weighted by molar-refractivity contribution is 6.22. The number of carbonyl (C=O) groups is 3. The van der Waals surface area contributed by atoms with Crippen LogP contribution in [0.4, 0.5) is 5.69 Å². The zero-order chi connectivity index (χ0) is 44.8. The Bertz CT molecular complexity index is 2260. The van der Waals surface area contributed by atoms with Crippen LogP contribution in [0, 0.1) is 30.6 Å². The molecule has 0 fully saturated rings. The third-order valence-electron chi connectivity index (χ3n) is 11.9. The smallest absolute Gasteiger partial charge is 0.312 e. The minimum absolute atomic E-state index is 0. The van der Waals surface area contributed by atoms with E-state index in [-0.39, 0.29) is 67.0 Å². The van der Waals surface area contributed by atoms with Crippen LogP contribution in [0.2, 0.25) is 0 Å². The molecule has 14 nitrogen and oxygen atoms in total. The number of phenolic OH excluding ortho intramolecular Hbond substituents is 3.